The van der Waals surface area contributed by atoms with Crippen LogP contribution in [0.15, 0.2) is 42.5 Å². The van der Waals surface area contributed by atoms with E-state index in [-0.39, 0.29) is 5.41 Å². The Kier molecular flexibility index (Phi) is 2.74. The average Bonchev–Trinajstić information content (AvgIpc) is 2.78. The summed E-state index contributed by atoms with van der Waals surface area (Å²) >= 11 is 0. The van der Waals surface area contributed by atoms with E-state index in [2.05, 4.69) is 55.1 Å². The number of anilines is 1. The van der Waals surface area contributed by atoms with Gasteiger partial charge in [-0.25, -0.2) is 4.52 Å². The summed E-state index contributed by atoms with van der Waals surface area (Å²) in [6.07, 6.45) is 0. The van der Waals surface area contributed by atoms with Crippen LogP contribution >= 0.6 is 0 Å². The topological polar surface area (TPSA) is 56.2 Å². The monoisotopic (exact) mass is 266 g/mol. The molecule has 20 heavy (non-hydrogen) atoms. The van der Waals surface area contributed by atoms with Crippen molar-refractivity contribution >= 4 is 11.6 Å². The quantitative estimate of drug-likeness (QED) is 0.735. The molecule has 2 aromatic heterocycles. The number of nitrogen functional groups attached to an aromatic ring is 1. The molecule has 0 radical (unpaired) electrons. The van der Waals surface area contributed by atoms with Crippen LogP contribution in [0.3, 0.4) is 0 Å². The van der Waals surface area contributed by atoms with E-state index in [4.69, 9.17) is 5.73 Å². The fourth-order valence-electron chi connectivity index (χ4n) is 2.28. The maximum absolute atomic E-state index is 5.68. The van der Waals surface area contributed by atoms with Gasteiger partial charge in [-0.15, -0.1) is 5.10 Å². The minimum absolute atomic E-state index is 0.155. The lowest BCUT2D eigenvalue weighted by molar-refractivity contribution is 0.590. The third-order valence-electron chi connectivity index (χ3n) is 3.42. The Hall–Kier alpha value is -2.36. The fourth-order valence-corrected chi connectivity index (χ4v) is 2.28. The normalized spacial score (nSPS) is 11.9. The zero-order valence-corrected chi connectivity index (χ0v) is 12.0. The van der Waals surface area contributed by atoms with Crippen LogP contribution in [-0.4, -0.2) is 14.6 Å². The Balaban J connectivity index is 2.11. The number of nitrogens with zero attached hydrogens (tertiary/aromatic N) is 3. The van der Waals surface area contributed by atoms with Gasteiger partial charge >= 0.3 is 0 Å². The number of fused-ring (bicyclic) bond motifs is 1. The van der Waals surface area contributed by atoms with E-state index in [1.165, 1.54) is 5.56 Å². The summed E-state index contributed by atoms with van der Waals surface area (Å²) in [5, 5.41) is 4.24. The summed E-state index contributed by atoms with van der Waals surface area (Å²) in [4.78, 5) is 4.19. The average molecular weight is 266 g/mol. The molecule has 4 nitrogen and oxygen atoms in total. The predicted octanol–water partition coefficient (Wildman–Crippen LogP) is 3.28. The highest BCUT2D eigenvalue weighted by atomic mass is 15.3. The summed E-state index contributed by atoms with van der Waals surface area (Å²) in [7, 11) is 0. The van der Waals surface area contributed by atoms with Crippen LogP contribution in [0.5, 0.6) is 0 Å². The van der Waals surface area contributed by atoms with Gasteiger partial charge in [-0.1, -0.05) is 51.1 Å². The molecule has 0 aliphatic heterocycles. The van der Waals surface area contributed by atoms with Crippen LogP contribution < -0.4 is 5.73 Å². The lowest BCUT2D eigenvalue weighted by Crippen LogP contribution is -2.10. The van der Waals surface area contributed by atoms with Gasteiger partial charge in [-0.2, -0.15) is 4.98 Å². The number of aromatic nitrogens is 3. The van der Waals surface area contributed by atoms with Gasteiger partial charge in [0.25, 0.3) is 0 Å². The van der Waals surface area contributed by atoms with E-state index in [1.54, 1.807) is 4.52 Å². The maximum Gasteiger partial charge on any atom is 0.240 e. The third kappa shape index (κ3) is 2.13. The highest BCUT2D eigenvalue weighted by Crippen LogP contribution is 2.26. The molecule has 0 unspecified atom stereocenters. The molecule has 1 aromatic carbocycles. The number of hydrogen-bond acceptors (Lipinski definition) is 3. The molecule has 3 rings (SSSR count). The molecular formula is C16H18N4. The van der Waals surface area contributed by atoms with E-state index in [0.29, 0.717) is 5.95 Å². The van der Waals surface area contributed by atoms with E-state index in [1.807, 2.05) is 18.2 Å². The van der Waals surface area contributed by atoms with E-state index in [0.717, 1.165) is 16.9 Å². The molecule has 2 N–H and O–H groups in total. The van der Waals surface area contributed by atoms with Gasteiger partial charge < -0.3 is 5.73 Å². The Bertz CT molecular complexity index is 748. The number of pyridine rings is 1. The third-order valence-corrected chi connectivity index (χ3v) is 3.42. The van der Waals surface area contributed by atoms with Gasteiger partial charge in [0.15, 0.2) is 5.65 Å². The standard InChI is InChI=1S/C16H18N4/c1-16(2,3)12-9-7-11(8-10-12)13-5-4-6-14-18-15(17)19-20(13)14/h4-10H,1-3H3,(H2,17,19). The smallest absolute Gasteiger partial charge is 0.240 e. The van der Waals surface area contributed by atoms with Crippen LogP contribution in [0.1, 0.15) is 26.3 Å². The number of rotatable bonds is 1. The van der Waals surface area contributed by atoms with Gasteiger partial charge in [-0.3, -0.25) is 0 Å². The second-order valence-electron chi connectivity index (χ2n) is 5.98. The molecule has 0 saturated heterocycles. The second kappa shape index (κ2) is 4.34. The first-order chi connectivity index (χ1) is 9.45. The minimum atomic E-state index is 0.155. The van der Waals surface area contributed by atoms with E-state index in [9.17, 15) is 0 Å². The van der Waals surface area contributed by atoms with Crippen LogP contribution in [0, 0.1) is 0 Å². The van der Waals surface area contributed by atoms with Crippen molar-refractivity contribution in [2.75, 3.05) is 5.73 Å². The Morgan fingerprint density at radius 1 is 1.00 bits per heavy atom. The van der Waals surface area contributed by atoms with Gasteiger partial charge in [0, 0.05) is 5.56 Å². The highest BCUT2D eigenvalue weighted by Gasteiger charge is 2.14. The van der Waals surface area contributed by atoms with E-state index < -0.39 is 0 Å². The van der Waals surface area contributed by atoms with E-state index >= 15 is 0 Å². The Morgan fingerprint density at radius 3 is 2.35 bits per heavy atom. The SMILES string of the molecule is CC(C)(C)c1ccc(-c2cccc3nc(N)nn23)cc1. The van der Waals surface area contributed by atoms with Crippen LogP contribution in [0.25, 0.3) is 16.9 Å². The lowest BCUT2D eigenvalue weighted by atomic mass is 9.86. The molecule has 0 saturated carbocycles. The molecule has 3 aromatic rings. The van der Waals surface area contributed by atoms with Crippen LogP contribution in [0.4, 0.5) is 5.95 Å². The van der Waals surface area contributed by atoms with Crippen molar-refractivity contribution in [1.82, 2.24) is 14.6 Å². The van der Waals surface area contributed by atoms with Crippen molar-refractivity contribution in [3.8, 4) is 11.3 Å². The van der Waals surface area contributed by atoms with Crippen molar-refractivity contribution in [2.45, 2.75) is 26.2 Å². The molecule has 0 atom stereocenters. The molecule has 102 valence electrons. The first kappa shape index (κ1) is 12.7. The molecule has 0 fully saturated rings. The molecule has 0 aliphatic carbocycles. The largest absolute Gasteiger partial charge is 0.366 e. The van der Waals surface area contributed by atoms with Crippen LogP contribution in [0.2, 0.25) is 0 Å². The molecule has 0 bridgehead atoms. The van der Waals surface area contributed by atoms with Crippen molar-refractivity contribution in [3.05, 3.63) is 48.0 Å². The number of hydrogen-bond donors (Lipinski definition) is 1. The summed E-state index contributed by atoms with van der Waals surface area (Å²) in [6, 6.07) is 14.4. The van der Waals surface area contributed by atoms with Gasteiger partial charge in [-0.05, 0) is 23.1 Å². The summed E-state index contributed by atoms with van der Waals surface area (Å²) < 4.78 is 1.78. The molecule has 0 amide bonds. The molecule has 4 heteroatoms. The molecule has 2 heterocycles. The van der Waals surface area contributed by atoms with Gasteiger partial charge in [0.05, 0.1) is 5.69 Å². The zero-order chi connectivity index (χ0) is 14.3. The van der Waals surface area contributed by atoms with Crippen molar-refractivity contribution < 1.29 is 0 Å². The first-order valence-electron chi connectivity index (χ1n) is 6.67. The van der Waals surface area contributed by atoms with Gasteiger partial charge in [0.2, 0.25) is 5.95 Å². The zero-order valence-electron chi connectivity index (χ0n) is 12.0. The van der Waals surface area contributed by atoms with Crippen molar-refractivity contribution in [2.24, 2.45) is 0 Å². The van der Waals surface area contributed by atoms with Gasteiger partial charge in [0.1, 0.15) is 0 Å². The Morgan fingerprint density at radius 2 is 1.70 bits per heavy atom. The predicted molar refractivity (Wildman–Crippen MR) is 81.5 cm³/mol. The molecular weight excluding hydrogens is 248 g/mol. The number of nitrogens with two attached hydrogens (primary N) is 1. The number of benzene rings is 1. The van der Waals surface area contributed by atoms with Crippen molar-refractivity contribution in [1.29, 1.82) is 0 Å². The summed E-state index contributed by atoms with van der Waals surface area (Å²) in [5.74, 6) is 0.295. The minimum Gasteiger partial charge on any atom is -0.366 e. The molecule has 0 aliphatic rings. The van der Waals surface area contributed by atoms with Crippen LogP contribution in [-0.2, 0) is 5.41 Å². The summed E-state index contributed by atoms with van der Waals surface area (Å²) in [6.45, 7) is 6.63. The molecule has 0 spiro atoms. The summed E-state index contributed by atoms with van der Waals surface area (Å²) in [5.41, 5.74) is 10.0. The maximum atomic E-state index is 5.68. The first-order valence-corrected chi connectivity index (χ1v) is 6.67. The second-order valence-corrected chi connectivity index (χ2v) is 5.98. The van der Waals surface area contributed by atoms with Crippen molar-refractivity contribution in [3.63, 3.8) is 0 Å². The Labute approximate surface area is 118 Å². The highest BCUT2D eigenvalue weighted by molar-refractivity contribution is 5.64. The fraction of sp³-hybridized carbons (Fsp3) is 0.250. The lowest BCUT2D eigenvalue weighted by Gasteiger charge is -2.19.